The predicted molar refractivity (Wildman–Crippen MR) is 83.1 cm³/mol. The molecule has 0 saturated carbocycles. The molecular weight excluding hydrogens is 246 g/mol. The third kappa shape index (κ3) is 3.27. The van der Waals surface area contributed by atoms with Gasteiger partial charge in [-0.05, 0) is 47.7 Å². The van der Waals surface area contributed by atoms with Crippen LogP contribution in [0, 0.1) is 13.0 Å². The molecule has 0 heterocycles. The fourth-order valence-electron chi connectivity index (χ4n) is 1.97. The molecule has 0 bridgehead atoms. The van der Waals surface area contributed by atoms with Crippen molar-refractivity contribution in [3.63, 3.8) is 0 Å². The molecule has 1 N–H and O–H groups in total. The number of hydrogen-bond donors (Lipinski definition) is 1. The van der Waals surface area contributed by atoms with Crippen molar-refractivity contribution < 1.29 is 4.79 Å². The molecule has 1 amide bonds. The van der Waals surface area contributed by atoms with Gasteiger partial charge in [0.2, 0.25) is 0 Å². The highest BCUT2D eigenvalue weighted by molar-refractivity contribution is 6.04. The third-order valence-corrected chi connectivity index (χ3v) is 3.32. The lowest BCUT2D eigenvalue weighted by molar-refractivity contribution is 0.102. The first kappa shape index (κ1) is 14.3. The topological polar surface area (TPSA) is 29.1 Å². The second-order valence-electron chi connectivity index (χ2n) is 5.99. The summed E-state index contributed by atoms with van der Waals surface area (Å²) < 4.78 is 0. The third-order valence-electron chi connectivity index (χ3n) is 3.32. The zero-order valence-electron chi connectivity index (χ0n) is 12.4. The number of carbonyl (C=O) groups is 1. The summed E-state index contributed by atoms with van der Waals surface area (Å²) in [5.41, 5.74) is 3.73. The Morgan fingerprint density at radius 2 is 1.75 bits per heavy atom. The van der Waals surface area contributed by atoms with E-state index in [1.807, 2.05) is 49.4 Å². The van der Waals surface area contributed by atoms with Crippen molar-refractivity contribution in [3.05, 3.63) is 65.2 Å². The molecule has 2 nitrogen and oxygen atoms in total. The van der Waals surface area contributed by atoms with Crippen LogP contribution in [0.3, 0.4) is 0 Å². The van der Waals surface area contributed by atoms with Gasteiger partial charge >= 0.3 is 0 Å². The first-order valence-corrected chi connectivity index (χ1v) is 6.77. The first-order valence-electron chi connectivity index (χ1n) is 6.77. The monoisotopic (exact) mass is 266 g/mol. The van der Waals surface area contributed by atoms with Crippen molar-refractivity contribution >= 4 is 11.6 Å². The van der Waals surface area contributed by atoms with Gasteiger partial charge in [0.05, 0.1) is 0 Å². The molecule has 0 atom stereocenters. The van der Waals surface area contributed by atoms with Crippen LogP contribution in [0.15, 0.2) is 42.5 Å². The largest absolute Gasteiger partial charge is 0.322 e. The maximum absolute atomic E-state index is 12.2. The maximum Gasteiger partial charge on any atom is 0.255 e. The molecule has 0 aromatic heterocycles. The first-order chi connectivity index (χ1) is 9.38. The van der Waals surface area contributed by atoms with Crippen molar-refractivity contribution in [1.29, 1.82) is 0 Å². The molecule has 0 aliphatic rings. The Hall–Kier alpha value is -2.09. The Kier molecular flexibility index (Phi) is 3.93. The van der Waals surface area contributed by atoms with E-state index in [2.05, 4.69) is 32.2 Å². The fourth-order valence-corrected chi connectivity index (χ4v) is 1.97. The Balaban J connectivity index is 2.16. The molecule has 2 rings (SSSR count). The Morgan fingerprint density at radius 3 is 2.30 bits per heavy atom. The second kappa shape index (κ2) is 5.49. The van der Waals surface area contributed by atoms with Crippen molar-refractivity contribution in [3.8, 4) is 0 Å². The molecule has 0 saturated heterocycles. The van der Waals surface area contributed by atoms with E-state index >= 15 is 0 Å². The summed E-state index contributed by atoms with van der Waals surface area (Å²) in [6, 6.07) is 16.4. The second-order valence-corrected chi connectivity index (χ2v) is 5.99. The quantitative estimate of drug-likeness (QED) is 0.860. The van der Waals surface area contributed by atoms with Crippen LogP contribution in [0.25, 0.3) is 0 Å². The molecule has 2 aromatic carbocycles. The summed E-state index contributed by atoms with van der Waals surface area (Å²) in [5, 5.41) is 2.91. The number of nitrogens with one attached hydrogen (secondary N) is 1. The Bertz CT molecular complexity index is 606. The van der Waals surface area contributed by atoms with Crippen LogP contribution in [-0.2, 0) is 5.41 Å². The highest BCUT2D eigenvalue weighted by Gasteiger charge is 2.14. The molecular formula is C18H20NO. The van der Waals surface area contributed by atoms with Crippen molar-refractivity contribution in [2.45, 2.75) is 33.1 Å². The van der Waals surface area contributed by atoms with Gasteiger partial charge in [-0.15, -0.1) is 0 Å². The minimum atomic E-state index is -0.0897. The van der Waals surface area contributed by atoms with Gasteiger partial charge in [0.25, 0.3) is 5.91 Å². The minimum absolute atomic E-state index is 0.0897. The SMILES string of the molecule is Cc1[c]cccc1NC(=O)c1ccc(C(C)(C)C)cc1. The van der Waals surface area contributed by atoms with Crippen LogP contribution in [0.5, 0.6) is 0 Å². The van der Waals surface area contributed by atoms with Crippen LogP contribution >= 0.6 is 0 Å². The van der Waals surface area contributed by atoms with Gasteiger partial charge in [0.1, 0.15) is 0 Å². The lowest BCUT2D eigenvalue weighted by atomic mass is 9.87. The lowest BCUT2D eigenvalue weighted by Gasteiger charge is -2.19. The average molecular weight is 266 g/mol. The predicted octanol–water partition coefficient (Wildman–Crippen LogP) is 4.35. The van der Waals surface area contributed by atoms with E-state index in [9.17, 15) is 4.79 Å². The van der Waals surface area contributed by atoms with Crippen molar-refractivity contribution in [1.82, 2.24) is 0 Å². The van der Waals surface area contributed by atoms with E-state index in [4.69, 9.17) is 0 Å². The van der Waals surface area contributed by atoms with E-state index in [0.717, 1.165) is 11.3 Å². The summed E-state index contributed by atoms with van der Waals surface area (Å²) in [7, 11) is 0. The van der Waals surface area contributed by atoms with Crippen LogP contribution in [-0.4, -0.2) is 5.91 Å². The van der Waals surface area contributed by atoms with Gasteiger partial charge in [0.15, 0.2) is 0 Å². The fraction of sp³-hybridized carbons (Fsp3) is 0.278. The summed E-state index contributed by atoms with van der Waals surface area (Å²) >= 11 is 0. The molecule has 20 heavy (non-hydrogen) atoms. The van der Waals surface area contributed by atoms with E-state index in [1.54, 1.807) is 0 Å². The summed E-state index contributed by atoms with van der Waals surface area (Å²) in [6.45, 7) is 8.40. The average Bonchev–Trinajstić information content (AvgIpc) is 2.40. The molecule has 2 aromatic rings. The van der Waals surface area contributed by atoms with Crippen LogP contribution in [0.1, 0.15) is 42.3 Å². The van der Waals surface area contributed by atoms with Gasteiger partial charge in [-0.3, -0.25) is 4.79 Å². The van der Waals surface area contributed by atoms with E-state index in [0.29, 0.717) is 5.56 Å². The van der Waals surface area contributed by atoms with Crippen LogP contribution in [0.2, 0.25) is 0 Å². The highest BCUT2D eigenvalue weighted by Crippen LogP contribution is 2.22. The lowest BCUT2D eigenvalue weighted by Crippen LogP contribution is -2.14. The maximum atomic E-state index is 12.2. The number of anilines is 1. The van der Waals surface area contributed by atoms with Gasteiger partial charge in [-0.25, -0.2) is 0 Å². The summed E-state index contributed by atoms with van der Waals surface area (Å²) in [4.78, 5) is 12.2. The number of aryl methyl sites for hydroxylation is 1. The smallest absolute Gasteiger partial charge is 0.255 e. The molecule has 0 spiro atoms. The van der Waals surface area contributed by atoms with Gasteiger partial charge < -0.3 is 5.32 Å². The van der Waals surface area contributed by atoms with Crippen LogP contribution < -0.4 is 5.32 Å². The number of carbonyl (C=O) groups excluding carboxylic acids is 1. The van der Waals surface area contributed by atoms with E-state index in [-0.39, 0.29) is 11.3 Å². The number of amides is 1. The van der Waals surface area contributed by atoms with E-state index in [1.165, 1.54) is 5.56 Å². The summed E-state index contributed by atoms with van der Waals surface area (Å²) in [5.74, 6) is -0.0897. The Morgan fingerprint density at radius 1 is 1.10 bits per heavy atom. The van der Waals surface area contributed by atoms with Crippen LogP contribution in [0.4, 0.5) is 5.69 Å². The van der Waals surface area contributed by atoms with E-state index < -0.39 is 0 Å². The molecule has 103 valence electrons. The normalized spacial score (nSPS) is 11.2. The standard InChI is InChI=1S/C18H20NO/c1-13-7-5-6-8-16(13)19-17(20)14-9-11-15(12-10-14)18(2,3)4/h5-6,8-12H,1-4H3,(H,19,20). The Labute approximate surface area is 120 Å². The zero-order chi connectivity index (χ0) is 14.8. The van der Waals surface area contributed by atoms with Crippen molar-refractivity contribution in [2.75, 3.05) is 5.32 Å². The van der Waals surface area contributed by atoms with Crippen molar-refractivity contribution in [2.24, 2.45) is 0 Å². The molecule has 0 aliphatic carbocycles. The molecule has 2 heteroatoms. The number of rotatable bonds is 2. The molecule has 1 radical (unpaired) electrons. The minimum Gasteiger partial charge on any atom is -0.322 e. The summed E-state index contributed by atoms with van der Waals surface area (Å²) in [6.07, 6.45) is 0. The number of hydrogen-bond acceptors (Lipinski definition) is 1. The van der Waals surface area contributed by atoms with Gasteiger partial charge in [-0.1, -0.05) is 45.0 Å². The molecule has 0 fully saturated rings. The highest BCUT2D eigenvalue weighted by atomic mass is 16.1. The van der Waals surface area contributed by atoms with Gasteiger partial charge in [-0.2, -0.15) is 0 Å². The number of benzene rings is 2. The molecule has 0 aliphatic heterocycles. The zero-order valence-corrected chi connectivity index (χ0v) is 12.4. The van der Waals surface area contributed by atoms with Gasteiger partial charge in [0, 0.05) is 11.3 Å². The molecule has 0 unspecified atom stereocenters.